The molecule has 0 spiro atoms. The molecular formula is C33H31NO11. The molecule has 0 aliphatic rings. The molecule has 6 aromatic rings. The molecule has 12 heteroatoms. The second-order valence-corrected chi connectivity index (χ2v) is 9.74. The third-order valence-corrected chi connectivity index (χ3v) is 6.82. The van der Waals surface area contributed by atoms with Crippen molar-refractivity contribution in [2.24, 2.45) is 0 Å². The number of benzene rings is 3. The molecule has 3 aromatic heterocycles. The number of ether oxygens (including phenoxy) is 5. The van der Waals surface area contributed by atoms with Crippen LogP contribution in [0.5, 0.6) is 23.0 Å². The predicted molar refractivity (Wildman–Crippen MR) is 166 cm³/mol. The van der Waals surface area contributed by atoms with Gasteiger partial charge in [0.05, 0.1) is 28.4 Å². The van der Waals surface area contributed by atoms with Gasteiger partial charge in [-0.1, -0.05) is 0 Å². The highest BCUT2D eigenvalue weighted by Gasteiger charge is 2.14. The lowest BCUT2D eigenvalue weighted by Gasteiger charge is -2.07. The van der Waals surface area contributed by atoms with Crippen molar-refractivity contribution in [3.63, 3.8) is 0 Å². The number of hydrogen-bond acceptors (Lipinski definition) is 11. The number of rotatable bonds is 8. The number of hydrogen-bond donors (Lipinski definition) is 2. The van der Waals surface area contributed by atoms with Crippen LogP contribution in [0.25, 0.3) is 32.9 Å². The van der Waals surface area contributed by atoms with Crippen molar-refractivity contribution < 1.29 is 46.8 Å². The van der Waals surface area contributed by atoms with E-state index in [4.69, 9.17) is 42.0 Å². The topological polar surface area (TPSA) is 152 Å². The molecule has 3 aromatic carbocycles. The van der Waals surface area contributed by atoms with E-state index >= 15 is 0 Å². The van der Waals surface area contributed by atoms with Crippen molar-refractivity contribution >= 4 is 44.7 Å². The molecule has 234 valence electrons. The number of aryl methyl sites for hydroxylation is 1. The largest absolute Gasteiger partial charge is 0.497 e. The van der Waals surface area contributed by atoms with Crippen molar-refractivity contribution in [2.75, 3.05) is 33.8 Å². The van der Waals surface area contributed by atoms with Crippen LogP contribution in [0.2, 0.25) is 0 Å². The summed E-state index contributed by atoms with van der Waals surface area (Å²) in [6.45, 7) is 1.62. The number of furan rings is 2. The number of amides is 1. The first-order chi connectivity index (χ1) is 21.7. The normalized spacial score (nSPS) is 10.8. The first-order valence-electron chi connectivity index (χ1n) is 13.6. The van der Waals surface area contributed by atoms with Crippen LogP contribution in [0.1, 0.15) is 17.1 Å². The van der Waals surface area contributed by atoms with E-state index in [1.165, 1.54) is 13.2 Å². The molecule has 0 unspecified atom stereocenters. The van der Waals surface area contributed by atoms with E-state index in [-0.39, 0.29) is 13.2 Å². The van der Waals surface area contributed by atoms with Gasteiger partial charge in [0.1, 0.15) is 35.2 Å². The molecule has 45 heavy (non-hydrogen) atoms. The molecule has 3 heterocycles. The minimum Gasteiger partial charge on any atom is -0.497 e. The number of carbonyl (C=O) groups is 1. The molecule has 0 saturated carbocycles. The summed E-state index contributed by atoms with van der Waals surface area (Å²) in [5.74, 6) is 3.41. The standard InChI is InChI=1S/C22H19NO7.C11H12O4/c1-12-6-20(24)30-18-9-14(4-5-17(12)18)23-22(25)28-11-16-8-13-7-15(26-2)10-19(27-3)21(13)29-16;1-13-8-3-7-4-9(6-12)15-11(7)10(5-8)14-2/h4-10H,11H2,1-3H3,(H,23,25);3-5,12H,6H2,1-2H3. The molecule has 0 bridgehead atoms. The molecule has 0 aliphatic carbocycles. The van der Waals surface area contributed by atoms with E-state index < -0.39 is 11.7 Å². The van der Waals surface area contributed by atoms with Crippen molar-refractivity contribution in [1.29, 1.82) is 0 Å². The van der Waals surface area contributed by atoms with Crippen molar-refractivity contribution in [2.45, 2.75) is 20.1 Å². The van der Waals surface area contributed by atoms with Crippen molar-refractivity contribution in [1.82, 2.24) is 0 Å². The van der Waals surface area contributed by atoms with Gasteiger partial charge in [-0.2, -0.15) is 0 Å². The molecule has 0 atom stereocenters. The Kier molecular flexibility index (Phi) is 9.14. The van der Waals surface area contributed by atoms with Crippen LogP contribution in [0, 0.1) is 6.92 Å². The molecule has 0 saturated heterocycles. The lowest BCUT2D eigenvalue weighted by molar-refractivity contribution is 0.147. The van der Waals surface area contributed by atoms with Crippen LogP contribution < -0.4 is 29.9 Å². The summed E-state index contributed by atoms with van der Waals surface area (Å²) >= 11 is 0. The van der Waals surface area contributed by atoms with Crippen LogP contribution in [0.15, 0.2) is 78.7 Å². The monoisotopic (exact) mass is 617 g/mol. The molecule has 2 N–H and O–H groups in total. The number of anilines is 1. The Balaban J connectivity index is 0.000000223. The number of aliphatic hydroxyl groups is 1. The van der Waals surface area contributed by atoms with E-state index in [0.717, 1.165) is 21.7 Å². The Morgan fingerprint density at radius 3 is 1.93 bits per heavy atom. The van der Waals surface area contributed by atoms with Gasteiger partial charge in [-0.25, -0.2) is 9.59 Å². The molecule has 0 fully saturated rings. The average Bonchev–Trinajstić information content (AvgIpc) is 3.66. The van der Waals surface area contributed by atoms with Crippen LogP contribution in [-0.2, 0) is 18.0 Å². The second-order valence-electron chi connectivity index (χ2n) is 9.74. The van der Waals surface area contributed by atoms with Gasteiger partial charge < -0.3 is 42.0 Å². The number of aliphatic hydroxyl groups excluding tert-OH is 1. The molecular weight excluding hydrogens is 586 g/mol. The fraction of sp³-hybridized carbons (Fsp3) is 0.212. The van der Waals surface area contributed by atoms with Gasteiger partial charge in [-0.3, -0.25) is 5.32 Å². The minimum atomic E-state index is -0.672. The number of carbonyl (C=O) groups excluding carboxylic acids is 1. The molecule has 6 rings (SSSR count). The SMILES string of the molecule is COc1cc(OC)c2oc(CO)cc2c1.COc1cc(OC)c2oc(COC(=O)Nc3ccc4c(C)cc(=O)oc4c3)cc2c1. The maximum atomic E-state index is 12.2. The quantitative estimate of drug-likeness (QED) is 0.179. The zero-order valence-corrected chi connectivity index (χ0v) is 25.2. The fourth-order valence-corrected chi connectivity index (χ4v) is 4.68. The molecule has 0 radical (unpaired) electrons. The zero-order valence-electron chi connectivity index (χ0n) is 25.2. The number of fused-ring (bicyclic) bond motifs is 3. The van der Waals surface area contributed by atoms with Gasteiger partial charge >= 0.3 is 11.7 Å². The summed E-state index contributed by atoms with van der Waals surface area (Å²) in [4.78, 5) is 23.7. The van der Waals surface area contributed by atoms with E-state index in [0.29, 0.717) is 57.0 Å². The predicted octanol–water partition coefficient (Wildman–Crippen LogP) is 6.56. The molecule has 0 aliphatic heterocycles. The van der Waals surface area contributed by atoms with Gasteiger partial charge in [-0.15, -0.1) is 0 Å². The zero-order chi connectivity index (χ0) is 32.1. The summed E-state index contributed by atoms with van der Waals surface area (Å²) in [6, 6.07) is 17.1. The summed E-state index contributed by atoms with van der Waals surface area (Å²) in [5, 5.41) is 14.0. The highest BCUT2D eigenvalue weighted by molar-refractivity contribution is 5.90. The number of nitrogens with one attached hydrogen (secondary N) is 1. The number of methoxy groups -OCH3 is 4. The van der Waals surface area contributed by atoms with Gasteiger partial charge in [0, 0.05) is 46.1 Å². The van der Waals surface area contributed by atoms with Gasteiger partial charge in [-0.05, 0) is 48.9 Å². The lowest BCUT2D eigenvalue weighted by Crippen LogP contribution is -2.13. The van der Waals surface area contributed by atoms with Gasteiger partial charge in [0.2, 0.25) is 0 Å². The summed E-state index contributed by atoms with van der Waals surface area (Å²) in [5.41, 5.74) is 2.34. The molecule has 1 amide bonds. The third kappa shape index (κ3) is 6.81. The van der Waals surface area contributed by atoms with E-state index in [1.54, 1.807) is 69.9 Å². The fourth-order valence-electron chi connectivity index (χ4n) is 4.68. The Hall–Kier alpha value is -5.62. The smallest absolute Gasteiger partial charge is 0.412 e. The third-order valence-electron chi connectivity index (χ3n) is 6.82. The summed E-state index contributed by atoms with van der Waals surface area (Å²) in [7, 11) is 6.25. The van der Waals surface area contributed by atoms with E-state index in [2.05, 4.69) is 5.32 Å². The summed E-state index contributed by atoms with van der Waals surface area (Å²) < 4.78 is 42.4. The van der Waals surface area contributed by atoms with Gasteiger partial charge in [0.25, 0.3) is 0 Å². The Morgan fingerprint density at radius 2 is 1.36 bits per heavy atom. The highest BCUT2D eigenvalue weighted by Crippen LogP contribution is 2.34. The first kappa shape index (κ1) is 30.8. The van der Waals surface area contributed by atoms with Gasteiger partial charge in [0.15, 0.2) is 29.3 Å². The highest BCUT2D eigenvalue weighted by atomic mass is 16.6. The Labute approximate surface area is 256 Å². The maximum absolute atomic E-state index is 12.2. The van der Waals surface area contributed by atoms with Crippen LogP contribution in [0.3, 0.4) is 0 Å². The van der Waals surface area contributed by atoms with E-state index in [9.17, 15) is 9.59 Å². The lowest BCUT2D eigenvalue weighted by atomic mass is 10.1. The van der Waals surface area contributed by atoms with E-state index in [1.807, 2.05) is 13.0 Å². The Bertz CT molecular complexity index is 2040. The van der Waals surface area contributed by atoms with Crippen LogP contribution in [0.4, 0.5) is 10.5 Å². The average molecular weight is 618 g/mol. The maximum Gasteiger partial charge on any atom is 0.412 e. The van der Waals surface area contributed by atoms with Crippen molar-refractivity contribution in [3.05, 3.63) is 88.2 Å². The van der Waals surface area contributed by atoms with Crippen LogP contribution in [-0.4, -0.2) is 39.6 Å². The first-order valence-corrected chi connectivity index (χ1v) is 13.6. The minimum absolute atomic E-state index is 0.0756. The summed E-state index contributed by atoms with van der Waals surface area (Å²) in [6.07, 6.45) is -0.672. The second kappa shape index (κ2) is 13.3. The van der Waals surface area contributed by atoms with Crippen LogP contribution >= 0.6 is 0 Å². The van der Waals surface area contributed by atoms with Crippen molar-refractivity contribution in [3.8, 4) is 23.0 Å². The molecule has 12 nitrogen and oxygen atoms in total. The Morgan fingerprint density at radius 1 is 0.756 bits per heavy atom.